The molecule has 2 aromatic carbocycles. The first-order valence-electron chi connectivity index (χ1n) is 11.5. The van der Waals surface area contributed by atoms with Crippen LogP contribution in [0.15, 0.2) is 83.1 Å². The highest BCUT2D eigenvalue weighted by Gasteiger charge is 2.38. The molecule has 7 nitrogen and oxygen atoms in total. The summed E-state index contributed by atoms with van der Waals surface area (Å²) in [5.74, 6) is -0.0961. The van der Waals surface area contributed by atoms with Gasteiger partial charge in [-0.15, -0.1) is 11.8 Å². The number of aromatic nitrogens is 1. The largest absolute Gasteiger partial charge is 0.508 e. The summed E-state index contributed by atoms with van der Waals surface area (Å²) in [5, 5.41) is 19.7. The van der Waals surface area contributed by atoms with Gasteiger partial charge in [0, 0.05) is 47.3 Å². The monoisotopic (exact) mass is 482 g/mol. The van der Waals surface area contributed by atoms with Crippen LogP contribution in [0.25, 0.3) is 0 Å². The number of aromatic hydroxyl groups is 1. The number of benzene rings is 2. The number of hydrogen-bond acceptors (Lipinski definition) is 6. The maximum absolute atomic E-state index is 13.7. The van der Waals surface area contributed by atoms with Crippen molar-refractivity contribution >= 4 is 29.3 Å². The van der Waals surface area contributed by atoms with Crippen molar-refractivity contribution in [3.05, 3.63) is 106 Å². The summed E-state index contributed by atoms with van der Waals surface area (Å²) in [6, 6.07) is 16.2. The Bertz CT molecular complexity index is 1400. The molecule has 0 spiro atoms. The Labute approximate surface area is 206 Å². The van der Waals surface area contributed by atoms with Crippen LogP contribution in [0.2, 0.25) is 0 Å². The van der Waals surface area contributed by atoms with Gasteiger partial charge in [-0.05, 0) is 35.7 Å². The van der Waals surface area contributed by atoms with E-state index in [4.69, 9.17) is 5.10 Å². The Morgan fingerprint density at radius 1 is 1.09 bits per heavy atom. The molecule has 2 N–H and O–H groups in total. The number of nitrogens with one attached hydrogen (secondary N) is 1. The number of hydrogen-bond donors (Lipinski definition) is 2. The third kappa shape index (κ3) is 3.80. The van der Waals surface area contributed by atoms with E-state index in [9.17, 15) is 14.7 Å². The average molecular weight is 483 g/mol. The van der Waals surface area contributed by atoms with Gasteiger partial charge in [0.2, 0.25) is 0 Å². The quantitative estimate of drug-likeness (QED) is 0.572. The van der Waals surface area contributed by atoms with E-state index in [0.29, 0.717) is 35.4 Å². The number of phenols is 1. The standard InChI is InChI=1S/C27H22N4O3S/c32-23-9-2-1-6-19(23)22-13-21(16-5-4-12-28-14-16)30-31(22)27(34)25-11-10-24(35-25)17-7-3-8-18-20(17)15-29-26(18)33/h1-9,11-12,14,22,24,32H,10,13,15H2,(H,29,33). The van der Waals surface area contributed by atoms with Crippen LogP contribution in [-0.2, 0) is 11.3 Å². The second kappa shape index (κ2) is 8.70. The van der Waals surface area contributed by atoms with E-state index >= 15 is 0 Å². The summed E-state index contributed by atoms with van der Waals surface area (Å²) in [5.41, 5.74) is 5.09. The molecular formula is C27H22N4O3S. The fraction of sp³-hybridized carbons (Fsp3) is 0.185. The van der Waals surface area contributed by atoms with Gasteiger partial charge in [-0.2, -0.15) is 5.10 Å². The third-order valence-electron chi connectivity index (χ3n) is 6.64. The minimum atomic E-state index is -0.415. The molecule has 3 aliphatic heterocycles. The molecule has 4 heterocycles. The lowest BCUT2D eigenvalue weighted by Crippen LogP contribution is -2.27. The molecule has 6 rings (SSSR count). The van der Waals surface area contributed by atoms with E-state index in [0.717, 1.165) is 22.4 Å². The number of allylic oxidation sites excluding steroid dienone is 1. The molecule has 0 radical (unpaired) electrons. The molecule has 8 heteroatoms. The Kier molecular flexibility index (Phi) is 5.37. The van der Waals surface area contributed by atoms with Crippen molar-refractivity contribution in [3.8, 4) is 5.75 Å². The summed E-state index contributed by atoms with van der Waals surface area (Å²) >= 11 is 1.51. The molecule has 2 amide bonds. The van der Waals surface area contributed by atoms with Crippen molar-refractivity contribution in [1.82, 2.24) is 15.3 Å². The van der Waals surface area contributed by atoms with Gasteiger partial charge in [-0.3, -0.25) is 14.6 Å². The molecule has 0 fully saturated rings. The number of para-hydroxylation sites is 1. The summed E-state index contributed by atoms with van der Waals surface area (Å²) in [6.45, 7) is 0.519. The number of pyridine rings is 1. The normalized spacial score (nSPS) is 20.9. The topological polar surface area (TPSA) is 94.9 Å². The average Bonchev–Trinajstić information content (AvgIpc) is 3.64. The minimum absolute atomic E-state index is 0.0473. The zero-order chi connectivity index (χ0) is 23.9. The van der Waals surface area contributed by atoms with E-state index in [1.54, 1.807) is 24.5 Å². The highest BCUT2D eigenvalue weighted by Crippen LogP contribution is 2.48. The molecule has 1 aromatic heterocycles. The van der Waals surface area contributed by atoms with Crippen LogP contribution in [0.4, 0.5) is 0 Å². The first kappa shape index (κ1) is 21.6. The van der Waals surface area contributed by atoms with Crippen LogP contribution in [0.3, 0.4) is 0 Å². The lowest BCUT2D eigenvalue weighted by atomic mass is 9.98. The Morgan fingerprint density at radius 3 is 2.77 bits per heavy atom. The van der Waals surface area contributed by atoms with Gasteiger partial charge >= 0.3 is 0 Å². The van der Waals surface area contributed by atoms with Crippen LogP contribution in [0.5, 0.6) is 5.75 Å². The van der Waals surface area contributed by atoms with Gasteiger partial charge in [-0.1, -0.05) is 42.5 Å². The first-order valence-corrected chi connectivity index (χ1v) is 12.3. The Balaban J connectivity index is 1.29. The van der Waals surface area contributed by atoms with Crippen LogP contribution in [-0.4, -0.2) is 32.6 Å². The van der Waals surface area contributed by atoms with Crippen molar-refractivity contribution in [1.29, 1.82) is 0 Å². The van der Waals surface area contributed by atoms with Crippen LogP contribution >= 0.6 is 11.8 Å². The summed E-state index contributed by atoms with van der Waals surface area (Å²) in [6.07, 6.45) is 6.58. The molecule has 3 aromatic rings. The number of carbonyl (C=O) groups excluding carboxylic acids is 2. The summed E-state index contributed by atoms with van der Waals surface area (Å²) in [7, 11) is 0. The van der Waals surface area contributed by atoms with E-state index in [1.165, 1.54) is 16.8 Å². The van der Waals surface area contributed by atoms with Crippen molar-refractivity contribution in [2.45, 2.75) is 30.7 Å². The molecule has 2 unspecified atom stereocenters. The number of thioether (sulfide) groups is 1. The zero-order valence-corrected chi connectivity index (χ0v) is 19.5. The van der Waals surface area contributed by atoms with Gasteiger partial charge < -0.3 is 10.4 Å². The predicted octanol–water partition coefficient (Wildman–Crippen LogP) is 4.47. The fourth-order valence-electron chi connectivity index (χ4n) is 4.90. The number of nitrogens with zero attached hydrogens (tertiary/aromatic N) is 3. The lowest BCUT2D eigenvalue weighted by molar-refractivity contribution is -0.128. The number of carbonyl (C=O) groups is 2. The van der Waals surface area contributed by atoms with Crippen LogP contribution in [0, 0.1) is 0 Å². The number of phenolic OH excluding ortho intramolecular Hbond substituents is 1. The second-order valence-electron chi connectivity index (χ2n) is 8.68. The smallest absolute Gasteiger partial charge is 0.280 e. The second-order valence-corrected chi connectivity index (χ2v) is 9.93. The summed E-state index contributed by atoms with van der Waals surface area (Å²) < 4.78 is 0. The zero-order valence-electron chi connectivity index (χ0n) is 18.7. The molecule has 0 saturated heterocycles. The van der Waals surface area contributed by atoms with Crippen molar-refractivity contribution in [2.24, 2.45) is 5.10 Å². The molecule has 0 saturated carbocycles. The number of hydrazone groups is 1. The number of fused-ring (bicyclic) bond motifs is 1. The van der Waals surface area contributed by atoms with E-state index in [2.05, 4.69) is 10.3 Å². The molecule has 0 aliphatic carbocycles. The van der Waals surface area contributed by atoms with Crippen LogP contribution < -0.4 is 5.32 Å². The third-order valence-corrected chi connectivity index (χ3v) is 7.96. The molecule has 174 valence electrons. The summed E-state index contributed by atoms with van der Waals surface area (Å²) in [4.78, 5) is 30.7. The Hall–Kier alpha value is -3.91. The van der Waals surface area contributed by atoms with E-state index < -0.39 is 6.04 Å². The maximum Gasteiger partial charge on any atom is 0.280 e. The SMILES string of the molecule is O=C1NCc2c1cccc2C1CC=C(C(=O)N2N=C(c3cccnc3)CC2c2ccccc2O)S1. The van der Waals surface area contributed by atoms with Gasteiger partial charge in [0.05, 0.1) is 16.7 Å². The predicted molar refractivity (Wildman–Crippen MR) is 134 cm³/mol. The van der Waals surface area contributed by atoms with Gasteiger partial charge in [0.15, 0.2) is 0 Å². The molecular weight excluding hydrogens is 460 g/mol. The highest BCUT2D eigenvalue weighted by atomic mass is 32.2. The highest BCUT2D eigenvalue weighted by molar-refractivity contribution is 8.04. The molecule has 0 bridgehead atoms. The Morgan fingerprint density at radius 2 is 1.94 bits per heavy atom. The molecule has 35 heavy (non-hydrogen) atoms. The molecule has 3 aliphatic rings. The minimum Gasteiger partial charge on any atom is -0.508 e. The van der Waals surface area contributed by atoms with Gasteiger partial charge in [-0.25, -0.2) is 5.01 Å². The number of rotatable bonds is 4. The van der Waals surface area contributed by atoms with E-state index in [-0.39, 0.29) is 22.8 Å². The maximum atomic E-state index is 13.7. The fourth-order valence-corrected chi connectivity index (χ4v) is 6.14. The van der Waals surface area contributed by atoms with Crippen LogP contribution in [0.1, 0.15) is 56.7 Å². The molecule has 2 atom stereocenters. The van der Waals surface area contributed by atoms with Crippen molar-refractivity contribution in [2.75, 3.05) is 0 Å². The first-order chi connectivity index (χ1) is 17.1. The van der Waals surface area contributed by atoms with Gasteiger partial charge in [0.25, 0.3) is 11.8 Å². The van der Waals surface area contributed by atoms with E-state index in [1.807, 2.05) is 48.5 Å². The van der Waals surface area contributed by atoms with Crippen molar-refractivity contribution in [3.63, 3.8) is 0 Å². The number of amides is 2. The van der Waals surface area contributed by atoms with Crippen molar-refractivity contribution < 1.29 is 14.7 Å². The lowest BCUT2D eigenvalue weighted by Gasteiger charge is -2.23. The van der Waals surface area contributed by atoms with Gasteiger partial charge in [0.1, 0.15) is 5.75 Å².